The standard InChI is InChI=1S/C24H31N3O5S/c1-5-26-12-14-27(15-13-26)23(28)19(4)32-24(29)20-7-9-21(10-8-20)25-33(30,31)22-11-6-17(2)18(3)16-22/h6-11,16,19,25H,5,12-15H2,1-4H3. The maximum absolute atomic E-state index is 12.6. The summed E-state index contributed by atoms with van der Waals surface area (Å²) < 4.78 is 33.2. The molecule has 1 aliphatic rings. The molecule has 1 saturated heterocycles. The van der Waals surface area contributed by atoms with E-state index in [1.807, 2.05) is 13.8 Å². The number of nitrogens with zero attached hydrogens (tertiary/aromatic N) is 2. The van der Waals surface area contributed by atoms with Crippen molar-refractivity contribution in [1.29, 1.82) is 0 Å². The van der Waals surface area contributed by atoms with Crippen molar-refractivity contribution in [2.24, 2.45) is 0 Å². The van der Waals surface area contributed by atoms with Gasteiger partial charge >= 0.3 is 5.97 Å². The summed E-state index contributed by atoms with van der Waals surface area (Å²) in [7, 11) is -3.75. The van der Waals surface area contributed by atoms with Gasteiger partial charge in [-0.05, 0) is 74.8 Å². The van der Waals surface area contributed by atoms with Crippen molar-refractivity contribution in [3.05, 3.63) is 59.2 Å². The van der Waals surface area contributed by atoms with E-state index >= 15 is 0 Å². The molecule has 0 aliphatic carbocycles. The van der Waals surface area contributed by atoms with Gasteiger partial charge in [0.05, 0.1) is 10.5 Å². The fourth-order valence-electron chi connectivity index (χ4n) is 3.59. The lowest BCUT2D eigenvalue weighted by molar-refractivity contribution is -0.141. The van der Waals surface area contributed by atoms with Gasteiger partial charge in [0.25, 0.3) is 15.9 Å². The third-order valence-electron chi connectivity index (χ3n) is 5.92. The SMILES string of the molecule is CCN1CCN(C(=O)C(C)OC(=O)c2ccc(NS(=O)(=O)c3ccc(C)c(C)c3)cc2)CC1. The number of hydrogen-bond donors (Lipinski definition) is 1. The zero-order valence-electron chi connectivity index (χ0n) is 19.5. The number of esters is 1. The predicted octanol–water partition coefficient (Wildman–Crippen LogP) is 2.81. The van der Waals surface area contributed by atoms with Crippen molar-refractivity contribution in [2.45, 2.75) is 38.7 Å². The van der Waals surface area contributed by atoms with Crippen molar-refractivity contribution in [1.82, 2.24) is 9.80 Å². The van der Waals surface area contributed by atoms with Gasteiger partial charge in [0.1, 0.15) is 0 Å². The Balaban J connectivity index is 1.59. The molecule has 1 atom stereocenters. The van der Waals surface area contributed by atoms with Crippen LogP contribution in [-0.2, 0) is 19.6 Å². The van der Waals surface area contributed by atoms with Crippen LogP contribution < -0.4 is 4.72 Å². The second kappa shape index (κ2) is 10.4. The van der Waals surface area contributed by atoms with Crippen molar-refractivity contribution in [3.8, 4) is 0 Å². The number of anilines is 1. The smallest absolute Gasteiger partial charge is 0.338 e. The Labute approximate surface area is 195 Å². The van der Waals surface area contributed by atoms with E-state index in [0.29, 0.717) is 18.8 Å². The molecule has 1 amide bonds. The number of carbonyl (C=O) groups is 2. The van der Waals surface area contributed by atoms with Crippen LogP contribution in [0.2, 0.25) is 0 Å². The number of piperazine rings is 1. The van der Waals surface area contributed by atoms with E-state index in [9.17, 15) is 18.0 Å². The fourth-order valence-corrected chi connectivity index (χ4v) is 4.73. The summed E-state index contributed by atoms with van der Waals surface area (Å²) in [5.74, 6) is -0.844. The van der Waals surface area contributed by atoms with Crippen LogP contribution in [0.1, 0.15) is 35.3 Å². The molecule has 2 aromatic rings. The van der Waals surface area contributed by atoms with Gasteiger partial charge in [0, 0.05) is 31.9 Å². The Bertz CT molecular complexity index is 1110. The van der Waals surface area contributed by atoms with E-state index in [4.69, 9.17) is 4.74 Å². The highest BCUT2D eigenvalue weighted by molar-refractivity contribution is 7.92. The first kappa shape index (κ1) is 24.7. The summed E-state index contributed by atoms with van der Waals surface area (Å²) in [4.78, 5) is 29.2. The molecule has 1 heterocycles. The molecule has 1 aliphatic heterocycles. The third-order valence-corrected chi connectivity index (χ3v) is 7.30. The topological polar surface area (TPSA) is 96.0 Å². The lowest BCUT2D eigenvalue weighted by atomic mass is 10.1. The number of aryl methyl sites for hydroxylation is 2. The van der Waals surface area contributed by atoms with E-state index in [1.54, 1.807) is 30.0 Å². The van der Waals surface area contributed by atoms with E-state index < -0.39 is 22.1 Å². The van der Waals surface area contributed by atoms with Crippen LogP contribution >= 0.6 is 0 Å². The zero-order valence-corrected chi connectivity index (χ0v) is 20.3. The van der Waals surface area contributed by atoms with Crippen LogP contribution in [0, 0.1) is 13.8 Å². The number of amides is 1. The van der Waals surface area contributed by atoms with Gasteiger partial charge in [-0.2, -0.15) is 0 Å². The van der Waals surface area contributed by atoms with Gasteiger partial charge in [-0.25, -0.2) is 13.2 Å². The van der Waals surface area contributed by atoms with Crippen molar-refractivity contribution in [3.63, 3.8) is 0 Å². The molecule has 0 aromatic heterocycles. The van der Waals surface area contributed by atoms with Crippen LogP contribution in [0.5, 0.6) is 0 Å². The van der Waals surface area contributed by atoms with E-state index in [-0.39, 0.29) is 16.4 Å². The van der Waals surface area contributed by atoms with Gasteiger partial charge in [0.15, 0.2) is 6.10 Å². The highest BCUT2D eigenvalue weighted by Gasteiger charge is 2.27. The Morgan fingerprint density at radius 1 is 1.00 bits per heavy atom. The average Bonchev–Trinajstić information content (AvgIpc) is 2.80. The maximum atomic E-state index is 12.6. The zero-order chi connectivity index (χ0) is 24.2. The van der Waals surface area contributed by atoms with Gasteiger partial charge in [-0.1, -0.05) is 13.0 Å². The molecular formula is C24H31N3O5S. The number of carbonyl (C=O) groups excluding carboxylic acids is 2. The minimum atomic E-state index is -3.75. The summed E-state index contributed by atoms with van der Waals surface area (Å²) in [6, 6.07) is 10.9. The summed E-state index contributed by atoms with van der Waals surface area (Å²) in [5.41, 5.74) is 2.45. The predicted molar refractivity (Wildman–Crippen MR) is 127 cm³/mol. The summed E-state index contributed by atoms with van der Waals surface area (Å²) in [6.45, 7) is 11.2. The molecule has 0 bridgehead atoms. The molecule has 1 fully saturated rings. The van der Waals surface area contributed by atoms with Crippen molar-refractivity contribution in [2.75, 3.05) is 37.4 Å². The molecule has 0 radical (unpaired) electrons. The Kier molecular flexibility index (Phi) is 7.76. The van der Waals surface area contributed by atoms with Crippen molar-refractivity contribution < 1.29 is 22.7 Å². The lowest BCUT2D eigenvalue weighted by Crippen LogP contribution is -2.51. The quantitative estimate of drug-likeness (QED) is 0.622. The molecule has 178 valence electrons. The highest BCUT2D eigenvalue weighted by atomic mass is 32.2. The second-order valence-electron chi connectivity index (χ2n) is 8.24. The van der Waals surface area contributed by atoms with Crippen LogP contribution in [0.15, 0.2) is 47.4 Å². The van der Waals surface area contributed by atoms with Gasteiger partial charge in [-0.15, -0.1) is 0 Å². The second-order valence-corrected chi connectivity index (χ2v) is 9.92. The first-order valence-corrected chi connectivity index (χ1v) is 12.5. The van der Waals surface area contributed by atoms with Crippen LogP contribution in [0.3, 0.4) is 0 Å². The van der Waals surface area contributed by atoms with E-state index in [1.165, 1.54) is 24.3 Å². The normalized spacial score (nSPS) is 15.7. The number of rotatable bonds is 7. The molecule has 1 N–H and O–H groups in total. The number of benzene rings is 2. The van der Waals surface area contributed by atoms with Crippen molar-refractivity contribution >= 4 is 27.6 Å². The number of ether oxygens (including phenoxy) is 1. The third kappa shape index (κ3) is 6.11. The number of likely N-dealkylation sites (N-methyl/N-ethyl adjacent to an activating group) is 1. The Morgan fingerprint density at radius 3 is 2.21 bits per heavy atom. The highest BCUT2D eigenvalue weighted by Crippen LogP contribution is 2.20. The molecule has 9 heteroatoms. The maximum Gasteiger partial charge on any atom is 0.338 e. The summed E-state index contributed by atoms with van der Waals surface area (Å²) in [5, 5.41) is 0. The molecule has 33 heavy (non-hydrogen) atoms. The van der Waals surface area contributed by atoms with Crippen LogP contribution in [0.4, 0.5) is 5.69 Å². The summed E-state index contributed by atoms with van der Waals surface area (Å²) in [6.07, 6.45) is -0.895. The van der Waals surface area contributed by atoms with Crippen LogP contribution in [-0.4, -0.2) is 68.9 Å². The molecule has 3 rings (SSSR count). The molecule has 2 aromatic carbocycles. The average molecular weight is 474 g/mol. The Hall–Kier alpha value is -2.91. The number of sulfonamides is 1. The van der Waals surface area contributed by atoms with Gasteiger partial charge in [0.2, 0.25) is 0 Å². The monoisotopic (exact) mass is 473 g/mol. The minimum absolute atomic E-state index is 0.168. The van der Waals surface area contributed by atoms with Crippen LogP contribution in [0.25, 0.3) is 0 Å². The first-order valence-electron chi connectivity index (χ1n) is 11.0. The molecule has 8 nitrogen and oxygen atoms in total. The van der Waals surface area contributed by atoms with Gasteiger partial charge < -0.3 is 14.5 Å². The first-order chi connectivity index (χ1) is 15.6. The minimum Gasteiger partial charge on any atom is -0.449 e. The summed E-state index contributed by atoms with van der Waals surface area (Å²) >= 11 is 0. The van der Waals surface area contributed by atoms with E-state index in [2.05, 4.69) is 16.5 Å². The van der Waals surface area contributed by atoms with Gasteiger partial charge in [-0.3, -0.25) is 9.52 Å². The number of nitrogens with one attached hydrogen (secondary N) is 1. The largest absolute Gasteiger partial charge is 0.449 e. The number of hydrogen-bond acceptors (Lipinski definition) is 6. The molecule has 0 saturated carbocycles. The molecular weight excluding hydrogens is 442 g/mol. The lowest BCUT2D eigenvalue weighted by Gasteiger charge is -2.35. The molecule has 1 unspecified atom stereocenters. The molecule has 0 spiro atoms. The Morgan fingerprint density at radius 2 is 1.64 bits per heavy atom. The van der Waals surface area contributed by atoms with E-state index in [0.717, 1.165) is 30.8 Å². The fraction of sp³-hybridized carbons (Fsp3) is 0.417.